The second kappa shape index (κ2) is 4.38. The predicted octanol–water partition coefficient (Wildman–Crippen LogP) is 0.595. The first-order valence-electron chi connectivity index (χ1n) is 2.62. The van der Waals surface area contributed by atoms with Crippen molar-refractivity contribution in [2.24, 2.45) is 5.73 Å². The van der Waals surface area contributed by atoms with Crippen LogP contribution in [-0.2, 0) is 22.1 Å². The van der Waals surface area contributed by atoms with Crippen molar-refractivity contribution in [1.82, 2.24) is 3.08 Å². The Morgan fingerprint density at radius 2 is 2.50 bits per heavy atom. The van der Waals surface area contributed by atoms with Crippen LogP contribution in [0.2, 0.25) is 3.93 Å². The summed E-state index contributed by atoms with van der Waals surface area (Å²) in [6, 6.07) is 0. The van der Waals surface area contributed by atoms with Crippen molar-refractivity contribution in [1.29, 1.82) is 5.41 Å². The van der Waals surface area contributed by atoms with Crippen molar-refractivity contribution in [3.05, 3.63) is 0 Å². The summed E-state index contributed by atoms with van der Waals surface area (Å²) >= 11 is -2.14. The molecule has 0 radical (unpaired) electrons. The Bertz CT molecular complexity index is 86.6. The van der Waals surface area contributed by atoms with Crippen LogP contribution in [0.25, 0.3) is 0 Å². The Labute approximate surface area is 61.2 Å². The fraction of sp³-hybridized carbons (Fsp3) is 0.667. The van der Waals surface area contributed by atoms with Gasteiger partial charge in [0.25, 0.3) is 0 Å². The number of hydrogen-bond donors (Lipinski definition) is 3. The minimum absolute atomic E-state index is 0.0259. The van der Waals surface area contributed by atoms with Gasteiger partial charge in [-0.2, -0.15) is 0 Å². The molecule has 0 aliphatic rings. The number of hydrogen-bond acceptors (Lipinski definition) is 1. The van der Waals surface area contributed by atoms with E-state index < -0.39 is 22.1 Å². The van der Waals surface area contributed by atoms with Crippen molar-refractivity contribution >= 4 is 14.2 Å². The molecule has 0 aromatic heterocycles. The van der Waals surface area contributed by atoms with E-state index in [-0.39, 0.29) is 5.96 Å². The molecule has 0 aliphatic carbocycles. The van der Waals surface area contributed by atoms with Crippen LogP contribution in [0.3, 0.4) is 0 Å². The van der Waals surface area contributed by atoms with Crippen LogP contribution in [0.1, 0.15) is 6.92 Å². The summed E-state index contributed by atoms with van der Waals surface area (Å²) in [6.07, 6.45) is 0. The van der Waals surface area contributed by atoms with E-state index in [9.17, 15) is 0 Å². The molecule has 0 heterocycles. The average Bonchev–Trinajstić information content (AvgIpc) is 1.65. The molecule has 0 rings (SSSR count). The van der Waals surface area contributed by atoms with Crippen LogP contribution < -0.4 is 8.81 Å². The van der Waals surface area contributed by atoms with E-state index in [2.05, 4.69) is 3.08 Å². The van der Waals surface area contributed by atoms with E-state index in [0.717, 1.165) is 3.93 Å². The van der Waals surface area contributed by atoms with Crippen LogP contribution in [0.4, 0.5) is 0 Å². The van der Waals surface area contributed by atoms with E-state index in [4.69, 9.17) is 19.4 Å². The van der Waals surface area contributed by atoms with Gasteiger partial charge in [0.2, 0.25) is 0 Å². The zero-order chi connectivity index (χ0) is 6.57. The third-order valence-electron chi connectivity index (χ3n) is 0.821. The van der Waals surface area contributed by atoms with Crippen molar-refractivity contribution in [2.45, 2.75) is 10.9 Å². The van der Waals surface area contributed by atoms with Crippen molar-refractivity contribution in [3.8, 4) is 0 Å². The SMILES string of the molecule is C[CH2][Hg]([Cl])[NH]C(=N)N. The fourth-order valence-corrected chi connectivity index (χ4v) is 4.17. The molecule has 0 bridgehead atoms. The van der Waals surface area contributed by atoms with Crippen LogP contribution in [0, 0.1) is 5.41 Å². The molecule has 45 valence electrons. The molecule has 3 nitrogen and oxygen atoms in total. The molecule has 0 saturated heterocycles. The number of guanidine groups is 1. The van der Waals surface area contributed by atoms with Gasteiger partial charge in [0.15, 0.2) is 0 Å². The summed E-state index contributed by atoms with van der Waals surface area (Å²) in [6.45, 7) is 2.01. The molecular weight excluding hydrogens is 314 g/mol. The van der Waals surface area contributed by atoms with Gasteiger partial charge in [-0.15, -0.1) is 0 Å². The van der Waals surface area contributed by atoms with E-state index in [1.807, 2.05) is 6.92 Å². The van der Waals surface area contributed by atoms with Gasteiger partial charge < -0.3 is 0 Å². The fourth-order valence-electron chi connectivity index (χ4n) is 0.332. The summed E-state index contributed by atoms with van der Waals surface area (Å²) in [4.78, 5) is 0. The summed E-state index contributed by atoms with van der Waals surface area (Å²) in [5.74, 6) is 0.0259. The molecule has 0 amide bonds. The molecule has 5 heteroatoms. The topological polar surface area (TPSA) is 61.9 Å². The third kappa shape index (κ3) is 4.65. The Balaban J connectivity index is 3.24. The second-order valence-electron chi connectivity index (χ2n) is 1.66. The predicted molar refractivity (Wildman–Crippen MR) is 31.4 cm³/mol. The Kier molecular flexibility index (Phi) is 4.65. The molecular formula is C3H9ClHgN3. The number of rotatable bonds is 2. The van der Waals surface area contributed by atoms with E-state index in [0.29, 0.717) is 0 Å². The van der Waals surface area contributed by atoms with Crippen LogP contribution in [0.15, 0.2) is 0 Å². The first-order chi connectivity index (χ1) is 3.66. The Hall–Kier alpha value is 0.495. The number of halogens is 1. The average molecular weight is 323 g/mol. The minimum atomic E-state index is -2.14. The van der Waals surface area contributed by atoms with Crippen LogP contribution in [0.5, 0.6) is 0 Å². The van der Waals surface area contributed by atoms with Crippen LogP contribution >= 0.6 is 8.25 Å². The van der Waals surface area contributed by atoms with Gasteiger partial charge in [-0.05, 0) is 0 Å². The van der Waals surface area contributed by atoms with Gasteiger partial charge in [-0.1, -0.05) is 0 Å². The summed E-state index contributed by atoms with van der Waals surface area (Å²) in [7, 11) is 5.76. The van der Waals surface area contributed by atoms with Crippen molar-refractivity contribution < 1.29 is 22.1 Å². The Morgan fingerprint density at radius 3 is 2.62 bits per heavy atom. The summed E-state index contributed by atoms with van der Waals surface area (Å²) in [5, 5.41) is 6.77. The maximum atomic E-state index is 6.77. The summed E-state index contributed by atoms with van der Waals surface area (Å²) in [5.41, 5.74) is 5.01. The molecule has 4 N–H and O–H groups in total. The van der Waals surface area contributed by atoms with E-state index in [1.54, 1.807) is 0 Å². The quantitative estimate of drug-likeness (QED) is 0.396. The molecule has 0 aliphatic heterocycles. The van der Waals surface area contributed by atoms with Gasteiger partial charge in [0.1, 0.15) is 0 Å². The van der Waals surface area contributed by atoms with Crippen molar-refractivity contribution in [2.75, 3.05) is 0 Å². The molecule has 0 unspecified atom stereocenters. The first-order valence-corrected chi connectivity index (χ1v) is 16.0. The van der Waals surface area contributed by atoms with Gasteiger partial charge in [0, 0.05) is 0 Å². The normalized spacial score (nSPS) is 8.25. The maximum absolute atomic E-state index is 6.77. The molecule has 0 atom stereocenters. The Morgan fingerprint density at radius 1 is 2.00 bits per heavy atom. The van der Waals surface area contributed by atoms with Crippen molar-refractivity contribution in [3.63, 3.8) is 0 Å². The molecule has 0 spiro atoms. The molecule has 0 aromatic carbocycles. The van der Waals surface area contributed by atoms with Crippen LogP contribution in [-0.4, -0.2) is 5.96 Å². The number of nitrogens with one attached hydrogen (secondary N) is 2. The molecule has 0 saturated carbocycles. The first kappa shape index (κ1) is 8.50. The second-order valence-corrected chi connectivity index (χ2v) is 17.0. The monoisotopic (exact) mass is 324 g/mol. The summed E-state index contributed by atoms with van der Waals surface area (Å²) < 4.78 is 3.75. The zero-order valence-electron chi connectivity index (χ0n) is 4.87. The van der Waals surface area contributed by atoms with Gasteiger partial charge >= 0.3 is 61.4 Å². The van der Waals surface area contributed by atoms with Gasteiger partial charge in [0.05, 0.1) is 0 Å². The molecule has 0 fully saturated rings. The number of nitrogens with two attached hydrogens (primary N) is 1. The van der Waals surface area contributed by atoms with Gasteiger partial charge in [-0.3, -0.25) is 0 Å². The van der Waals surface area contributed by atoms with E-state index in [1.165, 1.54) is 0 Å². The molecule has 8 heavy (non-hydrogen) atoms. The standard InChI is InChI=1S/C2H5.CH4N3.ClH.Hg/c1-2;2-1(3)4;;/h1H2,2H3;(H4-,2,3,4);1H;/q;-1;;+2/p-1. The van der Waals surface area contributed by atoms with E-state index >= 15 is 0 Å². The van der Waals surface area contributed by atoms with Gasteiger partial charge in [-0.25, -0.2) is 0 Å². The zero-order valence-corrected chi connectivity index (χ0v) is 11.1. The third-order valence-corrected chi connectivity index (χ3v) is 11.7. The molecule has 0 aromatic rings.